The van der Waals surface area contributed by atoms with Crippen molar-refractivity contribution in [2.24, 2.45) is 0 Å². The number of rotatable bonds is 7. The summed E-state index contributed by atoms with van der Waals surface area (Å²) in [4.78, 5) is 27.4. The molecule has 0 amide bonds. The topological polar surface area (TPSA) is 54.3 Å². The molecule has 5 rings (SSSR count). The van der Waals surface area contributed by atoms with E-state index in [9.17, 15) is 4.79 Å². The number of imidazole rings is 1. The van der Waals surface area contributed by atoms with E-state index in [0.717, 1.165) is 64.9 Å². The van der Waals surface area contributed by atoms with Gasteiger partial charge in [0, 0.05) is 49.1 Å². The van der Waals surface area contributed by atoms with Crippen LogP contribution in [0.15, 0.2) is 42.6 Å². The first-order valence-corrected chi connectivity index (χ1v) is 13.6. The van der Waals surface area contributed by atoms with Crippen molar-refractivity contribution in [3.8, 4) is 0 Å². The van der Waals surface area contributed by atoms with E-state index in [2.05, 4.69) is 46.4 Å². The molecule has 2 aliphatic heterocycles. The van der Waals surface area contributed by atoms with E-state index in [0.29, 0.717) is 6.54 Å². The van der Waals surface area contributed by atoms with Gasteiger partial charge in [-0.3, -0.25) is 4.79 Å². The number of halogens is 1. The summed E-state index contributed by atoms with van der Waals surface area (Å²) in [6.45, 7) is 11.6. The van der Waals surface area contributed by atoms with Crippen LogP contribution in [0.1, 0.15) is 72.0 Å². The number of hydrogen-bond donors (Lipinski definition) is 0. The molecule has 0 radical (unpaired) electrons. The van der Waals surface area contributed by atoms with E-state index in [4.69, 9.17) is 9.97 Å². The lowest BCUT2D eigenvalue weighted by molar-refractivity contribution is 0.103. The Morgan fingerprint density at radius 3 is 2.38 bits per heavy atom. The molecule has 37 heavy (non-hydrogen) atoms. The van der Waals surface area contributed by atoms with Gasteiger partial charge in [-0.15, -0.1) is 12.4 Å². The third-order valence-corrected chi connectivity index (χ3v) is 7.84. The molecule has 0 bridgehead atoms. The number of likely N-dealkylation sites (tertiary alicyclic amines) is 2. The van der Waals surface area contributed by atoms with Gasteiger partial charge in [0.25, 0.3) is 0 Å². The van der Waals surface area contributed by atoms with Gasteiger partial charge in [0.05, 0.1) is 6.54 Å². The number of ketones is 1. The Morgan fingerprint density at radius 2 is 1.70 bits per heavy atom. The number of aryl methyl sites for hydroxylation is 3. The predicted molar refractivity (Wildman–Crippen MR) is 153 cm³/mol. The van der Waals surface area contributed by atoms with Gasteiger partial charge in [0.1, 0.15) is 11.3 Å². The zero-order valence-corrected chi connectivity index (χ0v) is 23.3. The summed E-state index contributed by atoms with van der Waals surface area (Å²) < 4.78 is 2.21. The molecule has 0 N–H and O–H groups in total. The number of aromatic nitrogens is 3. The monoisotopic (exact) mass is 521 g/mol. The first kappa shape index (κ1) is 27.3. The molecular weight excluding hydrogens is 482 g/mol. The second-order valence-corrected chi connectivity index (χ2v) is 10.5. The highest BCUT2D eigenvalue weighted by atomic mass is 35.5. The Hall–Kier alpha value is -2.70. The minimum Gasteiger partial charge on any atom is -0.377 e. The molecule has 1 aromatic carbocycles. The van der Waals surface area contributed by atoms with Gasteiger partial charge in [-0.2, -0.15) is 0 Å². The lowest BCUT2D eigenvalue weighted by Crippen LogP contribution is -2.45. The number of hydrogen-bond acceptors (Lipinski definition) is 5. The molecule has 7 heteroatoms. The number of carbonyl (C=O) groups is 1. The summed E-state index contributed by atoms with van der Waals surface area (Å²) in [6.07, 6.45) is 11.1. The van der Waals surface area contributed by atoms with Gasteiger partial charge in [-0.1, -0.05) is 37.6 Å². The fraction of sp³-hybridized carbons (Fsp3) is 0.500. The Morgan fingerprint density at radius 1 is 1.00 bits per heavy atom. The van der Waals surface area contributed by atoms with E-state index in [1.54, 1.807) is 6.08 Å². The van der Waals surface area contributed by atoms with Crippen LogP contribution >= 0.6 is 12.4 Å². The largest absolute Gasteiger partial charge is 0.377 e. The summed E-state index contributed by atoms with van der Waals surface area (Å²) in [5, 5.41) is 0. The van der Waals surface area contributed by atoms with Crippen molar-refractivity contribution in [1.29, 1.82) is 0 Å². The Labute approximate surface area is 227 Å². The highest BCUT2D eigenvalue weighted by molar-refractivity contribution is 6.04. The van der Waals surface area contributed by atoms with Gasteiger partial charge in [-0.25, -0.2) is 9.97 Å². The SMILES string of the molecule is CCc1nc2c(C)cc(C)nc2n1Cc1ccc(C(=O)/C=C/N2CCC(N3CCCCC3)CC2)cc1.Cl. The fourth-order valence-electron chi connectivity index (χ4n) is 5.79. The summed E-state index contributed by atoms with van der Waals surface area (Å²) in [5.74, 6) is 1.10. The molecule has 0 atom stereocenters. The zero-order valence-electron chi connectivity index (χ0n) is 22.4. The molecule has 2 aromatic heterocycles. The van der Waals surface area contributed by atoms with Crippen LogP contribution in [0, 0.1) is 13.8 Å². The quantitative estimate of drug-likeness (QED) is 0.293. The lowest BCUT2D eigenvalue weighted by Gasteiger charge is -2.40. The molecular formula is C30H40ClN5O. The molecule has 0 spiro atoms. The van der Waals surface area contributed by atoms with Crippen molar-refractivity contribution >= 4 is 29.4 Å². The van der Waals surface area contributed by atoms with Crippen LogP contribution in [0.3, 0.4) is 0 Å². The Kier molecular flexibility index (Phi) is 9.04. The maximum absolute atomic E-state index is 12.8. The predicted octanol–water partition coefficient (Wildman–Crippen LogP) is 5.73. The molecule has 3 aromatic rings. The van der Waals surface area contributed by atoms with Crippen molar-refractivity contribution in [2.75, 3.05) is 26.2 Å². The summed E-state index contributed by atoms with van der Waals surface area (Å²) >= 11 is 0. The van der Waals surface area contributed by atoms with E-state index in [-0.39, 0.29) is 18.2 Å². The number of pyridine rings is 1. The van der Waals surface area contributed by atoms with Gasteiger partial charge in [0.2, 0.25) is 0 Å². The summed E-state index contributed by atoms with van der Waals surface area (Å²) in [5.41, 5.74) is 5.96. The molecule has 0 aliphatic carbocycles. The number of nitrogens with zero attached hydrogens (tertiary/aromatic N) is 5. The normalized spacial score (nSPS) is 17.4. The molecule has 0 saturated carbocycles. The van der Waals surface area contributed by atoms with Gasteiger partial charge < -0.3 is 14.4 Å². The second-order valence-electron chi connectivity index (χ2n) is 10.5. The van der Waals surface area contributed by atoms with Gasteiger partial charge in [0.15, 0.2) is 11.4 Å². The van der Waals surface area contributed by atoms with Crippen molar-refractivity contribution in [2.45, 2.75) is 71.9 Å². The average Bonchev–Trinajstić information content (AvgIpc) is 3.26. The molecule has 2 aliphatic rings. The number of benzene rings is 1. The van der Waals surface area contributed by atoms with Crippen LogP contribution in [-0.2, 0) is 13.0 Å². The number of piperidine rings is 2. The van der Waals surface area contributed by atoms with E-state index < -0.39 is 0 Å². The Bertz CT molecular complexity index is 1240. The van der Waals surface area contributed by atoms with Crippen molar-refractivity contribution < 1.29 is 4.79 Å². The second kappa shape index (κ2) is 12.2. The van der Waals surface area contributed by atoms with Crippen LogP contribution in [0.2, 0.25) is 0 Å². The molecule has 2 saturated heterocycles. The minimum atomic E-state index is 0. The highest BCUT2D eigenvalue weighted by Gasteiger charge is 2.24. The molecule has 198 valence electrons. The number of fused-ring (bicyclic) bond motifs is 1. The van der Waals surface area contributed by atoms with Crippen LogP contribution < -0.4 is 0 Å². The number of carbonyl (C=O) groups excluding carboxylic acids is 1. The van der Waals surface area contributed by atoms with Crippen molar-refractivity contribution in [1.82, 2.24) is 24.3 Å². The van der Waals surface area contributed by atoms with Crippen LogP contribution in [-0.4, -0.2) is 62.3 Å². The third-order valence-electron chi connectivity index (χ3n) is 7.84. The zero-order chi connectivity index (χ0) is 25.1. The maximum atomic E-state index is 12.8. The molecule has 2 fully saturated rings. The average molecular weight is 522 g/mol. The fourth-order valence-corrected chi connectivity index (χ4v) is 5.79. The minimum absolute atomic E-state index is 0. The van der Waals surface area contributed by atoms with Crippen LogP contribution in [0.25, 0.3) is 11.2 Å². The van der Waals surface area contributed by atoms with E-state index in [1.807, 2.05) is 25.3 Å². The highest BCUT2D eigenvalue weighted by Crippen LogP contribution is 2.22. The Balaban J connectivity index is 0.00000320. The van der Waals surface area contributed by atoms with Crippen LogP contribution in [0.4, 0.5) is 0 Å². The maximum Gasteiger partial charge on any atom is 0.187 e. The molecule has 0 unspecified atom stereocenters. The van der Waals surface area contributed by atoms with Crippen molar-refractivity contribution in [3.05, 3.63) is 70.8 Å². The first-order valence-electron chi connectivity index (χ1n) is 13.6. The molecule has 6 nitrogen and oxygen atoms in total. The third kappa shape index (κ3) is 6.24. The smallest absolute Gasteiger partial charge is 0.187 e. The van der Waals surface area contributed by atoms with Gasteiger partial charge in [-0.05, 0) is 69.8 Å². The van der Waals surface area contributed by atoms with E-state index in [1.165, 1.54) is 45.2 Å². The van der Waals surface area contributed by atoms with E-state index >= 15 is 0 Å². The van der Waals surface area contributed by atoms with Gasteiger partial charge >= 0.3 is 0 Å². The summed E-state index contributed by atoms with van der Waals surface area (Å²) in [6, 6.07) is 10.8. The van der Waals surface area contributed by atoms with Crippen molar-refractivity contribution in [3.63, 3.8) is 0 Å². The lowest BCUT2D eigenvalue weighted by atomic mass is 10.00. The molecule has 4 heterocycles. The summed E-state index contributed by atoms with van der Waals surface area (Å²) in [7, 11) is 0. The number of allylic oxidation sites excluding steroid dienone is 1. The first-order chi connectivity index (χ1) is 17.5. The van der Waals surface area contributed by atoms with Crippen LogP contribution in [0.5, 0.6) is 0 Å². The standard InChI is InChI=1S/C30H39N5O.ClH/c1-4-28-32-29-22(2)20-23(3)31-30(29)35(28)21-24-8-10-25(11-9-24)27(36)14-19-33-17-12-26(13-18-33)34-15-6-5-7-16-34;/h8-11,14,19-20,26H,4-7,12-13,15-18,21H2,1-3H3;1H/b19-14+;.